The average Bonchev–Trinajstić information content (AvgIpc) is 2.71. The topological polar surface area (TPSA) is 27.7 Å². The highest BCUT2D eigenvalue weighted by Crippen LogP contribution is 2.48. The number of ether oxygens (including phenoxy) is 3. The fraction of sp³-hybridized carbons (Fsp3) is 0.222. The Morgan fingerprint density at radius 1 is 0.905 bits per heavy atom. The summed E-state index contributed by atoms with van der Waals surface area (Å²) in [4.78, 5) is 0. The number of rotatable bonds is 3. The lowest BCUT2D eigenvalue weighted by Gasteiger charge is -2.19. The molecule has 0 aliphatic heterocycles. The minimum atomic E-state index is 0.635. The SMILES string of the molecule is COc1cc2c(c(OC)c1OC)-c1ccccc1C=CC2. The Hall–Kier alpha value is -2.42. The van der Waals surface area contributed by atoms with Gasteiger partial charge >= 0.3 is 0 Å². The van der Waals surface area contributed by atoms with E-state index in [1.165, 1.54) is 11.1 Å². The van der Waals surface area contributed by atoms with Gasteiger partial charge in [-0.1, -0.05) is 36.4 Å². The van der Waals surface area contributed by atoms with Gasteiger partial charge in [0.15, 0.2) is 11.5 Å². The van der Waals surface area contributed by atoms with Gasteiger partial charge in [0.05, 0.1) is 21.3 Å². The van der Waals surface area contributed by atoms with Crippen LogP contribution in [0.5, 0.6) is 17.2 Å². The third-order valence-electron chi connectivity index (χ3n) is 3.78. The van der Waals surface area contributed by atoms with Crippen LogP contribution in [0.4, 0.5) is 0 Å². The molecule has 0 saturated heterocycles. The van der Waals surface area contributed by atoms with Crippen LogP contribution in [0, 0.1) is 0 Å². The van der Waals surface area contributed by atoms with Crippen molar-refractivity contribution in [3.8, 4) is 28.4 Å². The van der Waals surface area contributed by atoms with E-state index in [1.54, 1.807) is 21.3 Å². The third kappa shape index (κ3) is 2.15. The molecule has 2 aromatic carbocycles. The van der Waals surface area contributed by atoms with Gasteiger partial charge in [-0.25, -0.2) is 0 Å². The highest BCUT2D eigenvalue weighted by Gasteiger charge is 2.23. The summed E-state index contributed by atoms with van der Waals surface area (Å²) in [5, 5.41) is 0. The lowest BCUT2D eigenvalue weighted by Crippen LogP contribution is -2.00. The Morgan fingerprint density at radius 3 is 2.38 bits per heavy atom. The monoisotopic (exact) mass is 282 g/mol. The summed E-state index contributed by atoms with van der Waals surface area (Å²) in [6.07, 6.45) is 5.14. The van der Waals surface area contributed by atoms with Crippen molar-refractivity contribution in [1.82, 2.24) is 0 Å². The molecule has 108 valence electrons. The van der Waals surface area contributed by atoms with E-state index < -0.39 is 0 Å². The largest absolute Gasteiger partial charge is 0.493 e. The lowest BCUT2D eigenvalue weighted by molar-refractivity contribution is 0.325. The third-order valence-corrected chi connectivity index (χ3v) is 3.78. The summed E-state index contributed by atoms with van der Waals surface area (Å²) in [5.74, 6) is 2.05. The van der Waals surface area contributed by atoms with Crippen molar-refractivity contribution in [3.05, 3.63) is 47.5 Å². The van der Waals surface area contributed by atoms with Crippen molar-refractivity contribution in [1.29, 1.82) is 0 Å². The number of hydrogen-bond donors (Lipinski definition) is 0. The maximum Gasteiger partial charge on any atom is 0.203 e. The Morgan fingerprint density at radius 2 is 1.67 bits per heavy atom. The Balaban J connectivity index is 2.37. The highest BCUT2D eigenvalue weighted by molar-refractivity contribution is 5.86. The highest BCUT2D eigenvalue weighted by atomic mass is 16.5. The molecule has 0 spiro atoms. The van der Waals surface area contributed by atoms with Crippen LogP contribution in [0.2, 0.25) is 0 Å². The van der Waals surface area contributed by atoms with Crippen molar-refractivity contribution in [2.24, 2.45) is 0 Å². The number of fused-ring (bicyclic) bond motifs is 3. The van der Waals surface area contributed by atoms with Crippen molar-refractivity contribution in [2.45, 2.75) is 6.42 Å². The van der Waals surface area contributed by atoms with E-state index in [9.17, 15) is 0 Å². The standard InChI is InChI=1S/C18H18O3/c1-19-15-11-13-9-6-8-12-7-4-5-10-14(12)16(13)18(21-3)17(15)20-2/h4-8,10-11H,9H2,1-3H3. The molecule has 3 rings (SSSR count). The molecule has 0 saturated carbocycles. The smallest absolute Gasteiger partial charge is 0.203 e. The Labute approximate surface area is 124 Å². The van der Waals surface area contributed by atoms with Crippen LogP contribution in [0.25, 0.3) is 17.2 Å². The predicted molar refractivity (Wildman–Crippen MR) is 84.3 cm³/mol. The van der Waals surface area contributed by atoms with Gasteiger partial charge in [-0.15, -0.1) is 0 Å². The van der Waals surface area contributed by atoms with E-state index in [4.69, 9.17) is 14.2 Å². The van der Waals surface area contributed by atoms with Crippen LogP contribution in [0.3, 0.4) is 0 Å². The first kappa shape index (κ1) is 13.6. The molecule has 3 nitrogen and oxygen atoms in total. The summed E-state index contributed by atoms with van der Waals surface area (Å²) >= 11 is 0. The van der Waals surface area contributed by atoms with Crippen molar-refractivity contribution in [3.63, 3.8) is 0 Å². The first-order valence-corrected chi connectivity index (χ1v) is 6.88. The van der Waals surface area contributed by atoms with Gasteiger partial charge in [0.2, 0.25) is 5.75 Å². The molecular formula is C18H18O3. The lowest BCUT2D eigenvalue weighted by atomic mass is 9.94. The second-order valence-electron chi connectivity index (χ2n) is 4.87. The summed E-state index contributed by atoms with van der Waals surface area (Å²) in [6.45, 7) is 0. The molecule has 0 atom stereocenters. The molecule has 0 heterocycles. The Bertz CT molecular complexity index is 702. The normalized spacial score (nSPS) is 12.1. The summed E-state index contributed by atoms with van der Waals surface area (Å²) < 4.78 is 16.6. The molecule has 0 bridgehead atoms. The van der Waals surface area contributed by atoms with Crippen LogP contribution in [-0.2, 0) is 6.42 Å². The van der Waals surface area contributed by atoms with E-state index in [2.05, 4.69) is 24.3 Å². The number of allylic oxidation sites excluding steroid dienone is 1. The van der Waals surface area contributed by atoms with Gasteiger partial charge in [0, 0.05) is 5.56 Å². The molecule has 0 unspecified atom stereocenters. The summed E-state index contributed by atoms with van der Waals surface area (Å²) in [5.41, 5.74) is 4.59. The predicted octanol–water partition coefficient (Wildman–Crippen LogP) is 3.95. The molecule has 0 fully saturated rings. The minimum absolute atomic E-state index is 0.635. The van der Waals surface area contributed by atoms with Crippen molar-refractivity contribution in [2.75, 3.05) is 21.3 Å². The fourth-order valence-electron chi connectivity index (χ4n) is 2.85. The van der Waals surface area contributed by atoms with Crippen LogP contribution in [0.1, 0.15) is 11.1 Å². The quantitative estimate of drug-likeness (QED) is 0.853. The molecular weight excluding hydrogens is 264 g/mol. The number of methoxy groups -OCH3 is 3. The number of hydrogen-bond acceptors (Lipinski definition) is 3. The first-order chi connectivity index (χ1) is 10.3. The molecule has 1 aliphatic rings. The maximum atomic E-state index is 5.66. The Kier molecular flexibility index (Phi) is 3.57. The minimum Gasteiger partial charge on any atom is -0.493 e. The fourth-order valence-corrected chi connectivity index (χ4v) is 2.85. The van der Waals surface area contributed by atoms with Crippen LogP contribution >= 0.6 is 0 Å². The zero-order chi connectivity index (χ0) is 14.8. The van der Waals surface area contributed by atoms with Gasteiger partial charge in [-0.3, -0.25) is 0 Å². The molecule has 0 N–H and O–H groups in total. The molecule has 0 radical (unpaired) electrons. The van der Waals surface area contributed by atoms with Crippen molar-refractivity contribution < 1.29 is 14.2 Å². The maximum absolute atomic E-state index is 5.66. The van der Waals surface area contributed by atoms with Crippen LogP contribution < -0.4 is 14.2 Å². The zero-order valence-corrected chi connectivity index (χ0v) is 12.5. The van der Waals surface area contributed by atoms with E-state index in [-0.39, 0.29) is 0 Å². The molecule has 3 heteroatoms. The summed E-state index contributed by atoms with van der Waals surface area (Å²) in [7, 11) is 4.94. The van der Waals surface area contributed by atoms with Gasteiger partial charge in [0.25, 0.3) is 0 Å². The number of benzene rings is 2. The molecule has 21 heavy (non-hydrogen) atoms. The summed E-state index contributed by atoms with van der Waals surface area (Å²) in [6, 6.07) is 10.3. The van der Waals surface area contributed by atoms with Crippen molar-refractivity contribution >= 4 is 6.08 Å². The zero-order valence-electron chi connectivity index (χ0n) is 12.5. The van der Waals surface area contributed by atoms with Crippen LogP contribution in [0.15, 0.2) is 36.4 Å². The van der Waals surface area contributed by atoms with E-state index in [0.29, 0.717) is 11.5 Å². The molecule has 2 aromatic rings. The van der Waals surface area contributed by atoms with Gasteiger partial charge < -0.3 is 14.2 Å². The second-order valence-corrected chi connectivity index (χ2v) is 4.87. The van der Waals surface area contributed by atoms with E-state index >= 15 is 0 Å². The van der Waals surface area contributed by atoms with Gasteiger partial charge in [-0.2, -0.15) is 0 Å². The van der Waals surface area contributed by atoms with Gasteiger partial charge in [0.1, 0.15) is 0 Å². The van der Waals surface area contributed by atoms with Crippen LogP contribution in [-0.4, -0.2) is 21.3 Å². The second kappa shape index (κ2) is 5.52. The first-order valence-electron chi connectivity index (χ1n) is 6.88. The molecule has 0 amide bonds. The average molecular weight is 282 g/mol. The van der Waals surface area contributed by atoms with E-state index in [1.807, 2.05) is 18.2 Å². The molecule has 1 aliphatic carbocycles. The molecule has 0 aromatic heterocycles. The van der Waals surface area contributed by atoms with E-state index in [0.717, 1.165) is 23.3 Å². The van der Waals surface area contributed by atoms with Gasteiger partial charge in [-0.05, 0) is 29.2 Å².